The molecule has 0 aliphatic carbocycles. The molecule has 0 radical (unpaired) electrons. The summed E-state index contributed by atoms with van der Waals surface area (Å²) in [7, 11) is 1.59. The summed E-state index contributed by atoms with van der Waals surface area (Å²) in [6, 6.07) is 4.36. The van der Waals surface area contributed by atoms with E-state index in [1.54, 1.807) is 7.11 Å². The highest BCUT2D eigenvalue weighted by Crippen LogP contribution is 2.37. The molecule has 3 amide bonds. The molecule has 0 bridgehead atoms. The van der Waals surface area contributed by atoms with Crippen molar-refractivity contribution in [1.82, 2.24) is 9.80 Å². The summed E-state index contributed by atoms with van der Waals surface area (Å²) in [6.07, 6.45) is 1.33. The molecule has 0 saturated carbocycles. The van der Waals surface area contributed by atoms with Crippen molar-refractivity contribution >= 4 is 23.4 Å². The van der Waals surface area contributed by atoms with E-state index in [4.69, 9.17) is 14.7 Å². The van der Waals surface area contributed by atoms with Gasteiger partial charge in [-0.1, -0.05) is 25.7 Å². The molecule has 0 aromatic heterocycles. The monoisotopic (exact) mass is 592 g/mol. The van der Waals surface area contributed by atoms with Crippen LogP contribution in [-0.2, 0) is 30.0 Å². The summed E-state index contributed by atoms with van der Waals surface area (Å²) >= 11 is 0. The highest BCUT2D eigenvalue weighted by Gasteiger charge is 2.39. The van der Waals surface area contributed by atoms with E-state index in [1.807, 2.05) is 4.90 Å². The van der Waals surface area contributed by atoms with E-state index < -0.39 is 29.1 Å². The van der Waals surface area contributed by atoms with Crippen molar-refractivity contribution in [3.05, 3.63) is 40.5 Å². The van der Waals surface area contributed by atoms with Crippen LogP contribution in [0.2, 0.25) is 0 Å². The first-order valence-corrected chi connectivity index (χ1v) is 14.3. The molecule has 9 nitrogen and oxygen atoms in total. The molecule has 12 heteroatoms. The number of methoxy groups -OCH3 is 1. The molecule has 2 aliphatic rings. The third kappa shape index (κ3) is 8.86. The molecule has 42 heavy (non-hydrogen) atoms. The average molecular weight is 593 g/mol. The number of piperazine rings is 1. The van der Waals surface area contributed by atoms with Gasteiger partial charge < -0.3 is 14.4 Å². The van der Waals surface area contributed by atoms with E-state index in [0.29, 0.717) is 50.8 Å². The van der Waals surface area contributed by atoms with E-state index in [0.717, 1.165) is 62.7 Å². The maximum absolute atomic E-state index is 13.4. The number of carbonyl (C=O) groups excluding carboxylic acids is 3. The van der Waals surface area contributed by atoms with Gasteiger partial charge in [0, 0.05) is 44.4 Å². The van der Waals surface area contributed by atoms with Crippen LogP contribution in [0.5, 0.6) is 0 Å². The zero-order valence-corrected chi connectivity index (χ0v) is 24.3. The number of hydrogen-bond donors (Lipinski definition) is 0. The highest BCUT2D eigenvalue weighted by molar-refractivity contribution is 6.32. The Morgan fingerprint density at radius 1 is 0.976 bits per heavy atom. The van der Waals surface area contributed by atoms with Gasteiger partial charge in [-0.2, -0.15) is 18.4 Å². The molecule has 0 unspecified atom stereocenters. The van der Waals surface area contributed by atoms with Gasteiger partial charge in [0.25, 0.3) is 11.8 Å². The smallest absolute Gasteiger partial charge is 0.382 e. The van der Waals surface area contributed by atoms with E-state index in [9.17, 15) is 27.6 Å². The lowest BCUT2D eigenvalue weighted by molar-refractivity contribution is -0.138. The summed E-state index contributed by atoms with van der Waals surface area (Å²) in [5.41, 5.74) is -1.35. The van der Waals surface area contributed by atoms with Crippen molar-refractivity contribution in [3.63, 3.8) is 0 Å². The molecular weight excluding hydrogens is 553 g/mol. The van der Waals surface area contributed by atoms with Gasteiger partial charge in [0.1, 0.15) is 6.61 Å². The predicted molar refractivity (Wildman–Crippen MR) is 149 cm³/mol. The van der Waals surface area contributed by atoms with Crippen LogP contribution >= 0.6 is 0 Å². The first kappa shape index (κ1) is 33.2. The van der Waals surface area contributed by atoms with Crippen molar-refractivity contribution in [2.45, 2.75) is 58.0 Å². The van der Waals surface area contributed by atoms with E-state index in [1.165, 1.54) is 19.1 Å². The zero-order chi connectivity index (χ0) is 30.7. The number of amides is 3. The number of rotatable bonds is 15. The predicted octanol–water partition coefficient (Wildman–Crippen LogP) is 4.30. The minimum Gasteiger partial charge on any atom is -0.382 e. The summed E-state index contributed by atoms with van der Waals surface area (Å²) in [5, 5.41) is 9.01. The number of anilines is 1. The molecule has 1 saturated heterocycles. The molecule has 230 valence electrons. The van der Waals surface area contributed by atoms with E-state index in [2.05, 4.69) is 4.90 Å². The van der Waals surface area contributed by atoms with Gasteiger partial charge in [0.2, 0.25) is 5.91 Å². The maximum atomic E-state index is 13.4. The summed E-state index contributed by atoms with van der Waals surface area (Å²) in [6.45, 7) is 6.58. The Labute approximate surface area is 244 Å². The second-order valence-corrected chi connectivity index (χ2v) is 10.5. The third-order valence-electron chi connectivity index (χ3n) is 7.66. The quantitative estimate of drug-likeness (QED) is 0.221. The summed E-state index contributed by atoms with van der Waals surface area (Å²) in [5.74, 6) is -1.22. The fraction of sp³-hybridized carbons (Fsp3) is 0.600. The number of nitrogens with zero attached hydrogens (tertiary/aromatic N) is 4. The largest absolute Gasteiger partial charge is 0.417 e. The van der Waals surface area contributed by atoms with Gasteiger partial charge in [0.05, 0.1) is 36.1 Å². The second kappa shape index (κ2) is 15.8. The Hall–Kier alpha value is -3.27. The SMILES string of the molecule is COCCOCC(=O)N1CCN(CCCCCCCCC2=C(C)C(=O)N(c3ccc(C#N)c(C(F)(F)F)c3)C2=O)CC1. The molecule has 1 aromatic carbocycles. The lowest BCUT2D eigenvalue weighted by atomic mass is 10.0. The molecule has 0 N–H and O–H groups in total. The lowest BCUT2D eigenvalue weighted by Gasteiger charge is -2.34. The maximum Gasteiger partial charge on any atom is 0.417 e. The number of carbonyl (C=O) groups is 3. The number of imide groups is 1. The number of ether oxygens (including phenoxy) is 2. The molecule has 0 atom stereocenters. The Balaban J connectivity index is 1.33. The average Bonchev–Trinajstić information content (AvgIpc) is 3.18. The standard InChI is InChI=1S/C30H39F3N4O5/c1-22-25(29(40)37(28(22)39)24-11-10-23(20-34)26(19-24)30(31,32)33)9-7-5-3-4-6-8-12-35-13-15-36(16-14-35)27(38)21-42-18-17-41-2/h10-11,19H,3-9,12-18,21H2,1-2H3. The van der Waals surface area contributed by atoms with Crippen molar-refractivity contribution in [2.24, 2.45) is 0 Å². The van der Waals surface area contributed by atoms with Gasteiger partial charge >= 0.3 is 6.18 Å². The van der Waals surface area contributed by atoms with E-state index >= 15 is 0 Å². The summed E-state index contributed by atoms with van der Waals surface area (Å²) in [4.78, 5) is 42.9. The van der Waals surface area contributed by atoms with Crippen LogP contribution in [0.25, 0.3) is 0 Å². The first-order chi connectivity index (χ1) is 20.1. The Morgan fingerprint density at radius 2 is 1.64 bits per heavy atom. The van der Waals surface area contributed by atoms with Crippen LogP contribution in [-0.4, -0.2) is 87.2 Å². The fourth-order valence-corrected chi connectivity index (χ4v) is 5.17. The van der Waals surface area contributed by atoms with Gasteiger partial charge in [-0.05, 0) is 50.9 Å². The van der Waals surface area contributed by atoms with Gasteiger partial charge in [-0.15, -0.1) is 0 Å². The van der Waals surface area contributed by atoms with Crippen LogP contribution in [0.4, 0.5) is 18.9 Å². The number of hydrogen-bond acceptors (Lipinski definition) is 7. The zero-order valence-electron chi connectivity index (χ0n) is 24.3. The minimum atomic E-state index is -4.78. The summed E-state index contributed by atoms with van der Waals surface area (Å²) < 4.78 is 50.4. The van der Waals surface area contributed by atoms with Crippen LogP contribution < -0.4 is 4.90 Å². The molecule has 2 heterocycles. The molecular formula is C30H39F3N4O5. The molecule has 3 rings (SSSR count). The number of unbranched alkanes of at least 4 members (excludes halogenated alkanes) is 5. The first-order valence-electron chi connectivity index (χ1n) is 14.3. The molecule has 1 fully saturated rings. The Morgan fingerprint density at radius 3 is 2.29 bits per heavy atom. The molecule has 2 aliphatic heterocycles. The normalized spacial score (nSPS) is 16.5. The minimum absolute atomic E-state index is 0.0120. The number of alkyl halides is 3. The van der Waals surface area contributed by atoms with Crippen molar-refractivity contribution in [1.29, 1.82) is 5.26 Å². The van der Waals surface area contributed by atoms with Crippen molar-refractivity contribution < 1.29 is 37.0 Å². The van der Waals surface area contributed by atoms with Gasteiger partial charge in [-0.3, -0.25) is 19.3 Å². The van der Waals surface area contributed by atoms with Crippen LogP contribution in [0.3, 0.4) is 0 Å². The number of benzene rings is 1. The number of nitriles is 1. The third-order valence-corrected chi connectivity index (χ3v) is 7.66. The Kier molecular flexibility index (Phi) is 12.5. The van der Waals surface area contributed by atoms with Crippen molar-refractivity contribution in [3.8, 4) is 6.07 Å². The second-order valence-electron chi connectivity index (χ2n) is 10.5. The van der Waals surface area contributed by atoms with Crippen LogP contribution in [0.15, 0.2) is 29.3 Å². The fourth-order valence-electron chi connectivity index (χ4n) is 5.17. The molecule has 0 spiro atoms. The Bertz CT molecular complexity index is 1190. The lowest BCUT2D eigenvalue weighted by Crippen LogP contribution is -2.49. The van der Waals surface area contributed by atoms with E-state index in [-0.39, 0.29) is 23.8 Å². The number of halogens is 3. The van der Waals surface area contributed by atoms with Gasteiger partial charge in [0.15, 0.2) is 0 Å². The highest BCUT2D eigenvalue weighted by atomic mass is 19.4. The van der Waals surface area contributed by atoms with Crippen molar-refractivity contribution in [2.75, 3.05) is 64.6 Å². The topological polar surface area (TPSA) is 103 Å². The van der Waals surface area contributed by atoms with Gasteiger partial charge in [-0.25, -0.2) is 4.90 Å². The van der Waals surface area contributed by atoms with Crippen LogP contribution in [0.1, 0.15) is 63.0 Å². The van der Waals surface area contributed by atoms with Crippen LogP contribution in [0, 0.1) is 11.3 Å². The molecule has 1 aromatic rings.